The van der Waals surface area contributed by atoms with Crippen molar-refractivity contribution in [1.29, 1.82) is 0 Å². The second-order valence-electron chi connectivity index (χ2n) is 12.1. The van der Waals surface area contributed by atoms with Crippen LogP contribution in [-0.2, 0) is 10.3 Å². The minimum absolute atomic E-state index is 0.0352. The minimum Gasteiger partial charge on any atom is -0.497 e. The molecule has 0 aromatic heterocycles. The van der Waals surface area contributed by atoms with Crippen molar-refractivity contribution in [2.24, 2.45) is 0 Å². The van der Waals surface area contributed by atoms with Gasteiger partial charge in [-0.15, -0.1) is 0 Å². The third-order valence-corrected chi connectivity index (χ3v) is 9.05. The van der Waals surface area contributed by atoms with E-state index in [1.54, 1.807) is 43.4 Å². The van der Waals surface area contributed by atoms with E-state index >= 15 is 0 Å². The average Bonchev–Trinajstić information content (AvgIpc) is 3.55. The molecule has 1 amide bonds. The van der Waals surface area contributed by atoms with Crippen LogP contribution in [0.2, 0.25) is 0 Å². The van der Waals surface area contributed by atoms with Crippen molar-refractivity contribution in [2.75, 3.05) is 27.4 Å². The Kier molecular flexibility index (Phi) is 10.4. The summed E-state index contributed by atoms with van der Waals surface area (Å²) in [5.41, 5.74) is 3.83. The Morgan fingerprint density at radius 1 is 0.780 bits per heavy atom. The molecule has 1 saturated heterocycles. The lowest BCUT2D eigenvalue weighted by Gasteiger charge is -2.38. The van der Waals surface area contributed by atoms with E-state index in [9.17, 15) is 20.0 Å². The van der Waals surface area contributed by atoms with Crippen LogP contribution in [0.5, 0.6) is 11.5 Å². The summed E-state index contributed by atoms with van der Waals surface area (Å²) in [5, 5.41) is 21.7. The van der Waals surface area contributed by atoms with E-state index in [2.05, 4.69) is 0 Å². The van der Waals surface area contributed by atoms with Crippen molar-refractivity contribution in [1.82, 2.24) is 4.90 Å². The Bertz CT molecular complexity index is 1880. The second kappa shape index (κ2) is 15.2. The van der Waals surface area contributed by atoms with Gasteiger partial charge in [0.1, 0.15) is 17.1 Å². The molecule has 9 heteroatoms. The van der Waals surface area contributed by atoms with E-state index in [-0.39, 0.29) is 24.7 Å². The number of carbonyl (C=O) groups is 1. The van der Waals surface area contributed by atoms with Crippen molar-refractivity contribution >= 4 is 23.7 Å². The molecule has 0 bridgehead atoms. The maximum Gasteiger partial charge on any atom is 0.269 e. The van der Waals surface area contributed by atoms with Gasteiger partial charge in [-0.05, 0) is 82.8 Å². The average molecular weight is 671 g/mol. The lowest BCUT2D eigenvalue weighted by Crippen LogP contribution is -2.42. The van der Waals surface area contributed by atoms with Gasteiger partial charge < -0.3 is 24.2 Å². The first kappa shape index (κ1) is 34.1. The van der Waals surface area contributed by atoms with E-state index in [1.807, 2.05) is 103 Å². The third kappa shape index (κ3) is 7.29. The summed E-state index contributed by atoms with van der Waals surface area (Å²) in [7, 11) is 3.26. The number of methoxy groups -OCH3 is 2. The van der Waals surface area contributed by atoms with Gasteiger partial charge in [0.2, 0.25) is 0 Å². The molecule has 254 valence electrons. The molecule has 0 radical (unpaired) electrons. The Labute approximate surface area is 291 Å². The van der Waals surface area contributed by atoms with Gasteiger partial charge in [-0.2, -0.15) is 0 Å². The summed E-state index contributed by atoms with van der Waals surface area (Å²) < 4.78 is 18.0. The molecular formula is C41H38N2O7. The minimum atomic E-state index is -1.06. The molecule has 2 atom stereocenters. The maximum absolute atomic E-state index is 13.9. The van der Waals surface area contributed by atoms with Crippen LogP contribution in [-0.4, -0.2) is 60.4 Å². The number of β-amino-alcohol motifs (C(OH)–C–C–N with tert-alkyl or cyclic N) is 1. The Morgan fingerprint density at radius 2 is 1.28 bits per heavy atom. The lowest BCUT2D eigenvalue weighted by atomic mass is 9.80. The van der Waals surface area contributed by atoms with Crippen LogP contribution in [0.15, 0.2) is 127 Å². The highest BCUT2D eigenvalue weighted by atomic mass is 16.6. The van der Waals surface area contributed by atoms with Gasteiger partial charge in [0, 0.05) is 24.2 Å². The summed E-state index contributed by atoms with van der Waals surface area (Å²) in [6, 6.07) is 38.6. The molecule has 1 heterocycles. The van der Waals surface area contributed by atoms with Crippen molar-refractivity contribution in [3.63, 3.8) is 0 Å². The van der Waals surface area contributed by atoms with Crippen molar-refractivity contribution in [3.05, 3.63) is 171 Å². The maximum atomic E-state index is 13.9. The number of nitro benzene ring substituents is 1. The first-order chi connectivity index (χ1) is 24.3. The Morgan fingerprint density at radius 3 is 1.78 bits per heavy atom. The number of non-ortho nitro benzene ring substituents is 1. The SMILES string of the molecule is COc1ccc(C(OC[C@@H]2C[C@@H](O)CN2C(=O)c2ccc(/C=C/c3ccc([N+](=O)[O-])cc3)cc2)(c2ccccc2)c2ccc(OC)cc2)cc1. The lowest BCUT2D eigenvalue weighted by molar-refractivity contribution is -0.384. The molecule has 1 aliphatic rings. The largest absolute Gasteiger partial charge is 0.497 e. The van der Waals surface area contributed by atoms with Crippen molar-refractivity contribution < 1.29 is 29.0 Å². The monoisotopic (exact) mass is 670 g/mol. The molecule has 0 spiro atoms. The number of aliphatic hydroxyl groups is 1. The smallest absolute Gasteiger partial charge is 0.269 e. The predicted octanol–water partition coefficient (Wildman–Crippen LogP) is 7.37. The molecule has 5 aromatic carbocycles. The normalized spacial score (nSPS) is 16.0. The molecule has 0 unspecified atom stereocenters. The summed E-state index contributed by atoms with van der Waals surface area (Å²) in [4.78, 5) is 26.1. The van der Waals surface area contributed by atoms with Crippen LogP contribution < -0.4 is 9.47 Å². The summed E-state index contributed by atoms with van der Waals surface area (Å²) >= 11 is 0. The number of ether oxygens (including phenoxy) is 3. The number of nitro groups is 1. The molecule has 50 heavy (non-hydrogen) atoms. The number of benzene rings is 5. The van der Waals surface area contributed by atoms with Crippen LogP contribution >= 0.6 is 0 Å². The van der Waals surface area contributed by atoms with Crippen LogP contribution in [0.3, 0.4) is 0 Å². The van der Waals surface area contributed by atoms with Crippen molar-refractivity contribution in [2.45, 2.75) is 24.2 Å². The van der Waals surface area contributed by atoms with Crippen LogP contribution in [0.4, 0.5) is 5.69 Å². The highest BCUT2D eigenvalue weighted by Crippen LogP contribution is 2.42. The van der Waals surface area contributed by atoms with E-state index in [0.29, 0.717) is 23.5 Å². The van der Waals surface area contributed by atoms with E-state index < -0.39 is 22.7 Å². The fourth-order valence-corrected chi connectivity index (χ4v) is 6.40. The zero-order chi connectivity index (χ0) is 35.1. The topological polar surface area (TPSA) is 111 Å². The van der Waals surface area contributed by atoms with Gasteiger partial charge >= 0.3 is 0 Å². The first-order valence-corrected chi connectivity index (χ1v) is 16.3. The van der Waals surface area contributed by atoms with E-state index in [0.717, 1.165) is 27.8 Å². The number of nitrogens with zero attached hydrogens (tertiary/aromatic N) is 2. The van der Waals surface area contributed by atoms with Gasteiger partial charge in [-0.25, -0.2) is 0 Å². The van der Waals surface area contributed by atoms with Gasteiger partial charge in [-0.1, -0.05) is 78.9 Å². The van der Waals surface area contributed by atoms with Gasteiger partial charge in [0.15, 0.2) is 0 Å². The Hall–Kier alpha value is -5.77. The molecule has 6 rings (SSSR count). The summed E-state index contributed by atoms with van der Waals surface area (Å²) in [6.07, 6.45) is 3.42. The number of carbonyl (C=O) groups excluding carboxylic acids is 1. The predicted molar refractivity (Wildman–Crippen MR) is 192 cm³/mol. The molecule has 1 N–H and O–H groups in total. The first-order valence-electron chi connectivity index (χ1n) is 16.3. The second-order valence-corrected chi connectivity index (χ2v) is 12.1. The quantitative estimate of drug-likeness (QED) is 0.0639. The van der Waals surface area contributed by atoms with Crippen molar-refractivity contribution in [3.8, 4) is 11.5 Å². The molecule has 0 aliphatic carbocycles. The molecule has 1 aliphatic heterocycles. The molecule has 9 nitrogen and oxygen atoms in total. The standard InChI is InChI=1S/C41H38N2O7/c1-48-38-22-16-33(17-23-38)41(32-6-4-3-5-7-32,34-18-24-39(49-2)25-19-34)50-28-36-26-37(44)27-42(36)40(45)31-14-10-29(11-15-31)8-9-30-12-20-35(21-13-30)43(46)47/h3-25,36-37,44H,26-28H2,1-2H3/b9-8+/t36-,37+/m0/s1. The van der Waals surface area contributed by atoms with Crippen LogP contribution in [0.1, 0.15) is 44.6 Å². The molecule has 0 saturated carbocycles. The zero-order valence-electron chi connectivity index (χ0n) is 27.8. The highest BCUT2D eigenvalue weighted by molar-refractivity contribution is 5.95. The van der Waals surface area contributed by atoms with Crippen LogP contribution in [0, 0.1) is 10.1 Å². The zero-order valence-corrected chi connectivity index (χ0v) is 27.8. The molecule has 5 aromatic rings. The van der Waals surface area contributed by atoms with Gasteiger partial charge in [-0.3, -0.25) is 14.9 Å². The summed E-state index contributed by atoms with van der Waals surface area (Å²) in [6.45, 7) is 0.351. The van der Waals surface area contributed by atoms with Crippen LogP contribution in [0.25, 0.3) is 12.2 Å². The molecular weight excluding hydrogens is 632 g/mol. The fourth-order valence-electron chi connectivity index (χ4n) is 6.40. The number of hydrogen-bond donors (Lipinski definition) is 1. The van der Waals surface area contributed by atoms with Gasteiger partial charge in [0.25, 0.3) is 11.6 Å². The number of amides is 1. The molecule has 1 fully saturated rings. The fraction of sp³-hybridized carbons (Fsp3) is 0.195. The van der Waals surface area contributed by atoms with Gasteiger partial charge in [0.05, 0.1) is 37.9 Å². The van der Waals surface area contributed by atoms with E-state index in [1.165, 1.54) is 12.1 Å². The highest BCUT2D eigenvalue weighted by Gasteiger charge is 2.41. The number of aliphatic hydroxyl groups excluding tert-OH is 1. The van der Waals surface area contributed by atoms with E-state index in [4.69, 9.17) is 14.2 Å². The number of hydrogen-bond acceptors (Lipinski definition) is 7. The Balaban J connectivity index is 1.26. The third-order valence-electron chi connectivity index (χ3n) is 9.05. The summed E-state index contributed by atoms with van der Waals surface area (Å²) in [5.74, 6) is 1.24. The number of likely N-dealkylation sites (tertiary alicyclic amines) is 1. The number of rotatable bonds is 12.